The number of aromatic nitrogens is 3. The van der Waals surface area contributed by atoms with Crippen LogP contribution in [0.4, 0.5) is 0 Å². The van der Waals surface area contributed by atoms with Crippen molar-refractivity contribution in [3.63, 3.8) is 0 Å². The molecule has 28 heavy (non-hydrogen) atoms. The number of sulfonamides is 1. The third-order valence-electron chi connectivity index (χ3n) is 5.04. The van der Waals surface area contributed by atoms with Gasteiger partial charge in [0.25, 0.3) is 0 Å². The lowest BCUT2D eigenvalue weighted by Gasteiger charge is -2.30. The molecule has 1 aliphatic heterocycles. The van der Waals surface area contributed by atoms with Gasteiger partial charge >= 0.3 is 0 Å². The highest BCUT2D eigenvalue weighted by Crippen LogP contribution is 2.28. The number of hydrogen-bond donors (Lipinski definition) is 0. The second-order valence-corrected chi connectivity index (χ2v) is 9.26. The minimum atomic E-state index is -3.42. The van der Waals surface area contributed by atoms with E-state index in [1.54, 1.807) is 32.7 Å². The van der Waals surface area contributed by atoms with E-state index < -0.39 is 10.0 Å². The van der Waals surface area contributed by atoms with Gasteiger partial charge in [0.1, 0.15) is 12.1 Å². The average Bonchev–Trinajstić information content (AvgIpc) is 3.22. The van der Waals surface area contributed by atoms with Gasteiger partial charge in [-0.05, 0) is 35.2 Å². The number of nitrogens with zero attached hydrogens (tertiary/aromatic N) is 5. The molecule has 0 saturated carbocycles. The van der Waals surface area contributed by atoms with Crippen molar-refractivity contribution in [3.8, 4) is 5.82 Å². The van der Waals surface area contributed by atoms with Crippen LogP contribution in [0.15, 0.2) is 60.1 Å². The first kappa shape index (κ1) is 18.8. The van der Waals surface area contributed by atoms with Gasteiger partial charge in [0.15, 0.2) is 0 Å². The highest BCUT2D eigenvalue weighted by atomic mass is 32.2. The summed E-state index contributed by atoms with van der Waals surface area (Å²) in [5.41, 5.74) is 3.16. The van der Waals surface area contributed by atoms with Crippen molar-refractivity contribution in [1.82, 2.24) is 23.7 Å². The standard InChI is InChI=1S/C20H23N5O2S/c1-23(2)28(26,27)19-5-3-4-17-14-24(10-8-18(17)19)13-16-6-7-20(22-12-16)25-11-9-21-15-25/h3-7,9,11-12,15H,8,10,13-14H2,1-2H3. The molecule has 0 N–H and O–H groups in total. The molecule has 0 amide bonds. The van der Waals surface area contributed by atoms with Crippen molar-refractivity contribution in [3.05, 3.63) is 71.9 Å². The summed E-state index contributed by atoms with van der Waals surface area (Å²) in [7, 11) is -0.276. The van der Waals surface area contributed by atoms with Gasteiger partial charge in [-0.25, -0.2) is 22.7 Å². The Balaban J connectivity index is 1.51. The van der Waals surface area contributed by atoms with E-state index in [1.165, 1.54) is 4.31 Å². The second-order valence-electron chi connectivity index (χ2n) is 7.14. The fraction of sp³-hybridized carbons (Fsp3) is 0.300. The molecular weight excluding hydrogens is 374 g/mol. The Hall–Kier alpha value is -2.55. The van der Waals surface area contributed by atoms with Crippen molar-refractivity contribution in [2.24, 2.45) is 0 Å². The van der Waals surface area contributed by atoms with Crippen LogP contribution in [0.2, 0.25) is 0 Å². The van der Waals surface area contributed by atoms with Crippen molar-refractivity contribution in [2.45, 2.75) is 24.4 Å². The summed E-state index contributed by atoms with van der Waals surface area (Å²) in [5.74, 6) is 0.837. The van der Waals surface area contributed by atoms with E-state index in [9.17, 15) is 8.42 Å². The molecule has 3 aromatic rings. The normalized spacial score (nSPS) is 15.0. The molecule has 1 aromatic carbocycles. The highest BCUT2D eigenvalue weighted by Gasteiger charge is 2.26. The van der Waals surface area contributed by atoms with Crippen LogP contribution in [0.3, 0.4) is 0 Å². The maximum absolute atomic E-state index is 12.6. The summed E-state index contributed by atoms with van der Waals surface area (Å²) >= 11 is 0. The lowest BCUT2D eigenvalue weighted by atomic mass is 9.99. The van der Waals surface area contributed by atoms with Crippen LogP contribution in [0, 0.1) is 0 Å². The minimum absolute atomic E-state index is 0.431. The number of rotatable bonds is 5. The average molecular weight is 398 g/mol. The molecule has 0 aliphatic carbocycles. The molecule has 0 spiro atoms. The molecule has 146 valence electrons. The molecule has 7 nitrogen and oxygen atoms in total. The molecule has 0 unspecified atom stereocenters. The van der Waals surface area contributed by atoms with Crippen LogP contribution in [0.5, 0.6) is 0 Å². The first-order valence-corrected chi connectivity index (χ1v) is 10.6. The number of pyridine rings is 1. The number of hydrogen-bond acceptors (Lipinski definition) is 5. The van der Waals surface area contributed by atoms with Crippen molar-refractivity contribution in [2.75, 3.05) is 20.6 Å². The Morgan fingerprint density at radius 3 is 2.71 bits per heavy atom. The Morgan fingerprint density at radius 1 is 1.18 bits per heavy atom. The largest absolute Gasteiger partial charge is 0.294 e. The van der Waals surface area contributed by atoms with Gasteiger partial charge in [0.05, 0.1) is 4.90 Å². The van der Waals surface area contributed by atoms with Crippen LogP contribution in [-0.2, 0) is 29.5 Å². The molecule has 3 heterocycles. The van der Waals surface area contributed by atoms with E-state index in [-0.39, 0.29) is 0 Å². The van der Waals surface area contributed by atoms with Crippen molar-refractivity contribution in [1.29, 1.82) is 0 Å². The van der Waals surface area contributed by atoms with Crippen molar-refractivity contribution >= 4 is 10.0 Å². The van der Waals surface area contributed by atoms with Crippen LogP contribution in [0.25, 0.3) is 5.82 Å². The summed E-state index contributed by atoms with van der Waals surface area (Å²) in [5, 5.41) is 0. The fourth-order valence-electron chi connectivity index (χ4n) is 3.52. The van der Waals surface area contributed by atoms with E-state index in [0.717, 1.165) is 48.6 Å². The van der Waals surface area contributed by atoms with Gasteiger partial charge < -0.3 is 0 Å². The zero-order chi connectivity index (χ0) is 19.7. The monoisotopic (exact) mass is 397 g/mol. The molecule has 0 atom stereocenters. The van der Waals surface area contributed by atoms with Gasteiger partial charge in [-0.3, -0.25) is 9.47 Å². The first-order valence-electron chi connectivity index (χ1n) is 9.14. The predicted molar refractivity (Wildman–Crippen MR) is 106 cm³/mol. The summed E-state index contributed by atoms with van der Waals surface area (Å²) in [6, 6.07) is 9.63. The second kappa shape index (κ2) is 7.46. The number of imidazole rings is 1. The Kier molecular flexibility index (Phi) is 5.01. The van der Waals surface area contributed by atoms with Gasteiger partial charge in [0.2, 0.25) is 10.0 Å². The molecule has 0 bridgehead atoms. The third kappa shape index (κ3) is 3.58. The van der Waals surface area contributed by atoms with E-state index in [1.807, 2.05) is 35.2 Å². The SMILES string of the molecule is CN(C)S(=O)(=O)c1cccc2c1CCN(Cc1ccc(-n3ccnc3)nc1)C2. The number of fused-ring (bicyclic) bond motifs is 1. The highest BCUT2D eigenvalue weighted by molar-refractivity contribution is 7.89. The maximum atomic E-state index is 12.6. The molecular formula is C20H23N5O2S. The van der Waals surface area contributed by atoms with E-state index in [2.05, 4.69) is 20.9 Å². The molecule has 0 radical (unpaired) electrons. The summed E-state index contributed by atoms with van der Waals surface area (Å²) < 4.78 is 28.4. The topological polar surface area (TPSA) is 71.3 Å². The fourth-order valence-corrected chi connectivity index (χ4v) is 4.71. The van der Waals surface area contributed by atoms with Gasteiger partial charge in [-0.15, -0.1) is 0 Å². The summed E-state index contributed by atoms with van der Waals surface area (Å²) in [4.78, 5) is 11.3. The molecule has 0 saturated heterocycles. The molecule has 0 fully saturated rings. The van der Waals surface area contributed by atoms with Crippen LogP contribution >= 0.6 is 0 Å². The lowest BCUT2D eigenvalue weighted by molar-refractivity contribution is 0.244. The zero-order valence-electron chi connectivity index (χ0n) is 16.0. The van der Waals surface area contributed by atoms with Gasteiger partial charge in [-0.2, -0.15) is 0 Å². The van der Waals surface area contributed by atoms with E-state index >= 15 is 0 Å². The van der Waals surface area contributed by atoms with Crippen LogP contribution in [-0.4, -0.2) is 52.8 Å². The van der Waals surface area contributed by atoms with Gasteiger partial charge in [0, 0.05) is 52.3 Å². The number of benzene rings is 1. The first-order chi connectivity index (χ1) is 13.4. The molecule has 8 heteroatoms. The van der Waals surface area contributed by atoms with Crippen molar-refractivity contribution < 1.29 is 8.42 Å². The Bertz CT molecular complexity index is 1060. The van der Waals surface area contributed by atoms with Gasteiger partial charge in [-0.1, -0.05) is 18.2 Å². The van der Waals surface area contributed by atoms with Crippen LogP contribution < -0.4 is 0 Å². The zero-order valence-corrected chi connectivity index (χ0v) is 16.8. The van der Waals surface area contributed by atoms with E-state index in [4.69, 9.17) is 0 Å². The quantitative estimate of drug-likeness (QED) is 0.659. The Labute approximate surface area is 165 Å². The molecule has 1 aliphatic rings. The van der Waals surface area contributed by atoms with Crippen LogP contribution in [0.1, 0.15) is 16.7 Å². The lowest BCUT2D eigenvalue weighted by Crippen LogP contribution is -2.32. The molecule has 2 aromatic heterocycles. The maximum Gasteiger partial charge on any atom is 0.242 e. The third-order valence-corrected chi connectivity index (χ3v) is 6.94. The molecule has 4 rings (SSSR count). The minimum Gasteiger partial charge on any atom is -0.294 e. The summed E-state index contributed by atoms with van der Waals surface area (Å²) in [6.45, 7) is 2.33. The smallest absolute Gasteiger partial charge is 0.242 e. The van der Waals surface area contributed by atoms with E-state index in [0.29, 0.717) is 4.90 Å². The Morgan fingerprint density at radius 2 is 2.04 bits per heavy atom. The predicted octanol–water partition coefficient (Wildman–Crippen LogP) is 2.08. The summed E-state index contributed by atoms with van der Waals surface area (Å²) in [6.07, 6.45) is 7.92.